The van der Waals surface area contributed by atoms with Crippen molar-refractivity contribution in [1.29, 1.82) is 0 Å². The monoisotopic (exact) mass is 249 g/mol. The standard InChI is InChI=1S/C13H12FNO3/c1-7-4-8-11(17-2)6-10(13(16)18-3)15-12(8)9(14)5-7/h4-6H,1-3H3. The van der Waals surface area contributed by atoms with Crippen LogP contribution in [-0.2, 0) is 4.74 Å². The second-order valence-electron chi connectivity index (χ2n) is 3.84. The van der Waals surface area contributed by atoms with Gasteiger partial charge in [0.05, 0.1) is 14.2 Å². The summed E-state index contributed by atoms with van der Waals surface area (Å²) >= 11 is 0. The van der Waals surface area contributed by atoms with E-state index in [1.54, 1.807) is 13.0 Å². The number of carbonyl (C=O) groups excluding carboxylic acids is 1. The van der Waals surface area contributed by atoms with E-state index in [0.29, 0.717) is 11.1 Å². The van der Waals surface area contributed by atoms with Crippen molar-refractivity contribution in [1.82, 2.24) is 4.98 Å². The van der Waals surface area contributed by atoms with Gasteiger partial charge < -0.3 is 9.47 Å². The number of methoxy groups -OCH3 is 2. The van der Waals surface area contributed by atoms with Gasteiger partial charge in [-0.15, -0.1) is 0 Å². The second kappa shape index (κ2) is 4.60. The molecule has 0 atom stereocenters. The number of fused-ring (bicyclic) bond motifs is 1. The van der Waals surface area contributed by atoms with Gasteiger partial charge in [0, 0.05) is 11.5 Å². The number of aromatic nitrogens is 1. The van der Waals surface area contributed by atoms with E-state index >= 15 is 0 Å². The normalized spacial score (nSPS) is 10.4. The molecule has 0 bridgehead atoms. The minimum Gasteiger partial charge on any atom is -0.496 e. The van der Waals surface area contributed by atoms with Gasteiger partial charge >= 0.3 is 5.97 Å². The summed E-state index contributed by atoms with van der Waals surface area (Å²) in [6.45, 7) is 1.77. The van der Waals surface area contributed by atoms with Crippen LogP contribution in [0.4, 0.5) is 4.39 Å². The van der Waals surface area contributed by atoms with Crippen molar-refractivity contribution in [2.24, 2.45) is 0 Å². The maximum Gasteiger partial charge on any atom is 0.356 e. The SMILES string of the molecule is COC(=O)c1cc(OC)c2cc(C)cc(F)c2n1. The predicted molar refractivity (Wildman–Crippen MR) is 64.3 cm³/mol. The quantitative estimate of drug-likeness (QED) is 0.767. The summed E-state index contributed by atoms with van der Waals surface area (Å²) in [7, 11) is 2.70. The number of aryl methyl sites for hydroxylation is 1. The Labute approximate surface area is 103 Å². The van der Waals surface area contributed by atoms with Crippen LogP contribution in [0.2, 0.25) is 0 Å². The summed E-state index contributed by atoms with van der Waals surface area (Å²) in [5.41, 5.74) is 0.871. The molecule has 0 aliphatic heterocycles. The molecule has 18 heavy (non-hydrogen) atoms. The van der Waals surface area contributed by atoms with Crippen LogP contribution in [0, 0.1) is 12.7 Å². The highest BCUT2D eigenvalue weighted by molar-refractivity contribution is 5.94. The maximum atomic E-state index is 13.8. The van der Waals surface area contributed by atoms with Crippen LogP contribution in [0.1, 0.15) is 16.1 Å². The fourth-order valence-electron chi connectivity index (χ4n) is 1.77. The van der Waals surface area contributed by atoms with E-state index in [-0.39, 0.29) is 11.2 Å². The van der Waals surface area contributed by atoms with Crippen LogP contribution < -0.4 is 4.74 Å². The van der Waals surface area contributed by atoms with Gasteiger partial charge in [-0.1, -0.05) is 0 Å². The number of esters is 1. The Morgan fingerprint density at radius 2 is 2.00 bits per heavy atom. The molecule has 2 rings (SSSR count). The third-order valence-corrected chi connectivity index (χ3v) is 2.59. The highest BCUT2D eigenvalue weighted by Gasteiger charge is 2.15. The fraction of sp³-hybridized carbons (Fsp3) is 0.231. The van der Waals surface area contributed by atoms with Crippen LogP contribution >= 0.6 is 0 Å². The molecule has 5 heteroatoms. The summed E-state index contributed by atoms with van der Waals surface area (Å²) in [6.07, 6.45) is 0. The van der Waals surface area contributed by atoms with Gasteiger partial charge in [0.15, 0.2) is 5.69 Å². The Hall–Kier alpha value is -2.17. The van der Waals surface area contributed by atoms with Crippen molar-refractivity contribution in [2.75, 3.05) is 14.2 Å². The van der Waals surface area contributed by atoms with Crippen LogP contribution in [0.3, 0.4) is 0 Å². The molecule has 0 saturated heterocycles. The molecule has 94 valence electrons. The number of pyridine rings is 1. The van der Waals surface area contributed by atoms with Gasteiger partial charge in [0.25, 0.3) is 0 Å². The minimum atomic E-state index is -0.629. The summed E-state index contributed by atoms with van der Waals surface area (Å²) in [6, 6.07) is 4.55. The molecule has 2 aromatic rings. The third-order valence-electron chi connectivity index (χ3n) is 2.59. The van der Waals surface area contributed by atoms with Gasteiger partial charge in [0.1, 0.15) is 17.1 Å². The molecule has 0 amide bonds. The topological polar surface area (TPSA) is 48.4 Å². The average molecular weight is 249 g/mol. The molecule has 0 saturated carbocycles. The van der Waals surface area contributed by atoms with E-state index in [0.717, 1.165) is 5.56 Å². The molecule has 1 aromatic carbocycles. The van der Waals surface area contributed by atoms with Gasteiger partial charge in [-0.05, 0) is 24.6 Å². The zero-order valence-corrected chi connectivity index (χ0v) is 10.3. The zero-order chi connectivity index (χ0) is 13.3. The molecule has 4 nitrogen and oxygen atoms in total. The largest absolute Gasteiger partial charge is 0.496 e. The first-order valence-corrected chi connectivity index (χ1v) is 5.30. The van der Waals surface area contributed by atoms with E-state index in [9.17, 15) is 9.18 Å². The lowest BCUT2D eigenvalue weighted by atomic mass is 10.1. The second-order valence-corrected chi connectivity index (χ2v) is 3.84. The average Bonchev–Trinajstić information content (AvgIpc) is 2.36. The molecule has 1 heterocycles. The van der Waals surface area contributed by atoms with E-state index in [1.165, 1.54) is 26.4 Å². The Morgan fingerprint density at radius 3 is 2.61 bits per heavy atom. The van der Waals surface area contributed by atoms with E-state index in [2.05, 4.69) is 9.72 Å². The minimum absolute atomic E-state index is 0.0182. The van der Waals surface area contributed by atoms with Crippen molar-refractivity contribution in [3.63, 3.8) is 0 Å². The molecule has 0 N–H and O–H groups in total. The number of carbonyl (C=O) groups is 1. The predicted octanol–water partition coefficient (Wildman–Crippen LogP) is 2.48. The van der Waals surface area contributed by atoms with Crippen molar-refractivity contribution >= 4 is 16.9 Å². The van der Waals surface area contributed by atoms with Crippen molar-refractivity contribution in [2.45, 2.75) is 6.92 Å². The van der Waals surface area contributed by atoms with Crippen molar-refractivity contribution in [3.8, 4) is 5.75 Å². The van der Waals surface area contributed by atoms with Gasteiger partial charge in [-0.25, -0.2) is 14.2 Å². The van der Waals surface area contributed by atoms with Gasteiger partial charge in [0.2, 0.25) is 0 Å². The third kappa shape index (κ3) is 1.99. The highest BCUT2D eigenvalue weighted by Crippen LogP contribution is 2.28. The van der Waals surface area contributed by atoms with E-state index in [1.807, 2.05) is 0 Å². The Morgan fingerprint density at radius 1 is 1.28 bits per heavy atom. The Balaban J connectivity index is 2.79. The number of nitrogens with zero attached hydrogens (tertiary/aromatic N) is 1. The first-order valence-electron chi connectivity index (χ1n) is 5.30. The van der Waals surface area contributed by atoms with Gasteiger partial charge in [-0.3, -0.25) is 0 Å². The van der Waals surface area contributed by atoms with E-state index in [4.69, 9.17) is 4.74 Å². The molecular weight excluding hydrogens is 237 g/mol. The molecule has 0 aliphatic carbocycles. The lowest BCUT2D eigenvalue weighted by Gasteiger charge is -2.09. The molecular formula is C13H12FNO3. The lowest BCUT2D eigenvalue weighted by molar-refractivity contribution is 0.0594. The number of ether oxygens (including phenoxy) is 2. The molecule has 0 unspecified atom stereocenters. The van der Waals surface area contributed by atoms with E-state index < -0.39 is 11.8 Å². The number of hydrogen-bond donors (Lipinski definition) is 0. The number of rotatable bonds is 2. The Kier molecular flexibility index (Phi) is 3.14. The number of halogens is 1. The highest BCUT2D eigenvalue weighted by atomic mass is 19.1. The molecule has 0 fully saturated rings. The molecule has 0 aliphatic rings. The number of hydrogen-bond acceptors (Lipinski definition) is 4. The zero-order valence-electron chi connectivity index (χ0n) is 10.3. The Bertz CT molecular complexity index is 625. The molecule has 0 spiro atoms. The van der Waals surface area contributed by atoms with Crippen LogP contribution in [0.15, 0.2) is 18.2 Å². The van der Waals surface area contributed by atoms with Crippen LogP contribution in [0.25, 0.3) is 10.9 Å². The first-order chi connectivity index (χ1) is 8.56. The summed E-state index contributed by atoms with van der Waals surface area (Å²) in [5.74, 6) is -0.729. The number of benzene rings is 1. The van der Waals surface area contributed by atoms with Crippen molar-refractivity contribution in [3.05, 3.63) is 35.3 Å². The van der Waals surface area contributed by atoms with Crippen molar-refractivity contribution < 1.29 is 18.7 Å². The summed E-state index contributed by atoms with van der Waals surface area (Å²) in [4.78, 5) is 15.4. The molecule has 0 radical (unpaired) electrons. The maximum absolute atomic E-state index is 13.8. The van der Waals surface area contributed by atoms with Crippen LogP contribution in [-0.4, -0.2) is 25.2 Å². The smallest absolute Gasteiger partial charge is 0.356 e. The summed E-state index contributed by atoms with van der Waals surface area (Å²) < 4.78 is 23.6. The first kappa shape index (κ1) is 12.3. The lowest BCUT2D eigenvalue weighted by Crippen LogP contribution is -2.06. The molecule has 1 aromatic heterocycles. The van der Waals surface area contributed by atoms with Gasteiger partial charge in [-0.2, -0.15) is 0 Å². The summed E-state index contributed by atoms with van der Waals surface area (Å²) in [5, 5.41) is 0.530. The fourth-order valence-corrected chi connectivity index (χ4v) is 1.77. The van der Waals surface area contributed by atoms with Crippen LogP contribution in [0.5, 0.6) is 5.75 Å².